The first-order valence-electron chi connectivity index (χ1n) is 10.2. The van der Waals surface area contributed by atoms with E-state index in [1.54, 1.807) is 36.4 Å². The zero-order valence-corrected chi connectivity index (χ0v) is 21.7. The van der Waals surface area contributed by atoms with Crippen LogP contribution in [0, 0.1) is 0 Å². The highest BCUT2D eigenvalue weighted by atomic mass is 79.9. The Morgan fingerprint density at radius 3 is 2.59 bits per heavy atom. The molecule has 0 atom stereocenters. The van der Waals surface area contributed by atoms with Crippen molar-refractivity contribution < 1.29 is 14.3 Å². The molecular formula is C24H19BrClN3O3S2. The number of anilines is 1. The molecule has 4 rings (SSSR count). The highest BCUT2D eigenvalue weighted by molar-refractivity contribution is 9.10. The van der Waals surface area contributed by atoms with Crippen molar-refractivity contribution in [2.45, 2.75) is 4.34 Å². The van der Waals surface area contributed by atoms with Crippen molar-refractivity contribution in [3.8, 4) is 5.75 Å². The summed E-state index contributed by atoms with van der Waals surface area (Å²) < 4.78 is 8.21. The van der Waals surface area contributed by atoms with Crippen LogP contribution in [0.2, 0.25) is 5.02 Å². The number of hydrogen-bond donors (Lipinski definition) is 2. The normalized spacial score (nSPS) is 10.8. The number of fused-ring (bicyclic) bond motifs is 1. The fourth-order valence-corrected chi connectivity index (χ4v) is 5.24. The van der Waals surface area contributed by atoms with Gasteiger partial charge in [-0.25, -0.2) is 4.98 Å². The van der Waals surface area contributed by atoms with E-state index >= 15 is 0 Å². The van der Waals surface area contributed by atoms with Crippen molar-refractivity contribution in [1.29, 1.82) is 0 Å². The third-order valence-corrected chi connectivity index (χ3v) is 7.51. The van der Waals surface area contributed by atoms with Gasteiger partial charge in [-0.3, -0.25) is 9.59 Å². The zero-order valence-electron chi connectivity index (χ0n) is 17.7. The van der Waals surface area contributed by atoms with Gasteiger partial charge in [-0.15, -0.1) is 11.3 Å². The third kappa shape index (κ3) is 6.96. The maximum absolute atomic E-state index is 12.4. The van der Waals surface area contributed by atoms with Gasteiger partial charge in [-0.05, 0) is 66.7 Å². The molecule has 0 saturated heterocycles. The SMILES string of the molecule is O=C(CSc1nc2ccc(NC(=O)c3ccc(Br)cc3)cc2s1)NCCOc1ccc(Cl)cc1. The van der Waals surface area contributed by atoms with Gasteiger partial charge < -0.3 is 15.4 Å². The number of nitrogens with zero attached hydrogens (tertiary/aromatic N) is 1. The van der Waals surface area contributed by atoms with Crippen LogP contribution in [0.5, 0.6) is 5.75 Å². The molecule has 1 heterocycles. The Balaban J connectivity index is 1.24. The molecule has 0 spiro atoms. The van der Waals surface area contributed by atoms with E-state index in [2.05, 4.69) is 31.5 Å². The maximum Gasteiger partial charge on any atom is 0.255 e. The Kier molecular flexibility index (Phi) is 8.44. The first-order chi connectivity index (χ1) is 16.5. The Morgan fingerprint density at radius 1 is 1.06 bits per heavy atom. The quantitative estimate of drug-likeness (QED) is 0.182. The molecule has 34 heavy (non-hydrogen) atoms. The summed E-state index contributed by atoms with van der Waals surface area (Å²) in [6.07, 6.45) is 0. The Bertz CT molecular complexity index is 1300. The van der Waals surface area contributed by atoms with Crippen LogP contribution in [0.1, 0.15) is 10.4 Å². The molecule has 2 N–H and O–H groups in total. The number of benzene rings is 3. The van der Waals surface area contributed by atoms with Gasteiger partial charge in [0.1, 0.15) is 12.4 Å². The number of aromatic nitrogens is 1. The maximum atomic E-state index is 12.4. The van der Waals surface area contributed by atoms with Crippen molar-refractivity contribution >= 4 is 78.3 Å². The molecule has 0 radical (unpaired) electrons. The van der Waals surface area contributed by atoms with Crippen LogP contribution >= 0.6 is 50.6 Å². The van der Waals surface area contributed by atoms with Crippen molar-refractivity contribution in [1.82, 2.24) is 10.3 Å². The lowest BCUT2D eigenvalue weighted by molar-refractivity contribution is -0.118. The Morgan fingerprint density at radius 2 is 1.82 bits per heavy atom. The number of thioether (sulfide) groups is 1. The predicted molar refractivity (Wildman–Crippen MR) is 142 cm³/mol. The van der Waals surface area contributed by atoms with Gasteiger partial charge >= 0.3 is 0 Å². The van der Waals surface area contributed by atoms with E-state index in [1.807, 2.05) is 30.3 Å². The number of amides is 2. The summed E-state index contributed by atoms with van der Waals surface area (Å²) in [5.41, 5.74) is 2.10. The Labute approximate surface area is 218 Å². The summed E-state index contributed by atoms with van der Waals surface area (Å²) in [6, 6.07) is 19.8. The van der Waals surface area contributed by atoms with Gasteiger partial charge in [0, 0.05) is 20.7 Å². The predicted octanol–water partition coefficient (Wildman–Crippen LogP) is 6.25. The summed E-state index contributed by atoms with van der Waals surface area (Å²) >= 11 is 12.1. The molecule has 4 aromatic rings. The van der Waals surface area contributed by atoms with Crippen LogP contribution < -0.4 is 15.4 Å². The number of halogens is 2. The van der Waals surface area contributed by atoms with Crippen molar-refractivity contribution in [2.75, 3.05) is 24.2 Å². The lowest BCUT2D eigenvalue weighted by Crippen LogP contribution is -2.29. The molecule has 0 fully saturated rings. The van der Waals surface area contributed by atoms with Crippen LogP contribution in [-0.2, 0) is 4.79 Å². The third-order valence-electron chi connectivity index (χ3n) is 4.57. The van der Waals surface area contributed by atoms with E-state index < -0.39 is 0 Å². The monoisotopic (exact) mass is 575 g/mol. The van der Waals surface area contributed by atoms with E-state index in [1.165, 1.54) is 23.1 Å². The summed E-state index contributed by atoms with van der Waals surface area (Å²) in [4.78, 5) is 29.1. The molecule has 0 aliphatic heterocycles. The van der Waals surface area contributed by atoms with Crippen molar-refractivity contribution in [3.05, 3.63) is 81.8 Å². The summed E-state index contributed by atoms with van der Waals surface area (Å²) in [5, 5.41) is 6.39. The average molecular weight is 577 g/mol. The molecule has 0 bridgehead atoms. The summed E-state index contributed by atoms with van der Waals surface area (Å²) in [5.74, 6) is 0.692. The average Bonchev–Trinajstić information content (AvgIpc) is 3.24. The molecule has 0 unspecified atom stereocenters. The fourth-order valence-electron chi connectivity index (χ4n) is 2.92. The van der Waals surface area contributed by atoms with E-state index in [0.717, 1.165) is 19.0 Å². The first kappa shape index (κ1) is 24.5. The van der Waals surface area contributed by atoms with Gasteiger partial charge in [-0.1, -0.05) is 39.3 Å². The van der Waals surface area contributed by atoms with Crippen LogP contribution in [0.25, 0.3) is 10.2 Å². The molecule has 6 nitrogen and oxygen atoms in total. The fraction of sp³-hybridized carbons (Fsp3) is 0.125. The van der Waals surface area contributed by atoms with Gasteiger partial charge in [0.2, 0.25) is 5.91 Å². The largest absolute Gasteiger partial charge is 0.492 e. The molecular weight excluding hydrogens is 558 g/mol. The lowest BCUT2D eigenvalue weighted by Gasteiger charge is -2.07. The number of thiazole rings is 1. The van der Waals surface area contributed by atoms with E-state index in [9.17, 15) is 9.59 Å². The van der Waals surface area contributed by atoms with Gasteiger partial charge in [0.05, 0.1) is 22.5 Å². The first-order valence-corrected chi connectivity index (χ1v) is 13.2. The standard InChI is InChI=1S/C24H19BrClN3O3S2/c25-16-3-1-15(2-4-16)23(31)28-18-7-10-20-21(13-18)34-24(29-20)33-14-22(30)27-11-12-32-19-8-5-17(26)6-9-19/h1-10,13H,11-12,14H2,(H,27,30)(H,28,31). The second-order valence-corrected chi connectivity index (χ2v) is 10.7. The minimum atomic E-state index is -0.178. The topological polar surface area (TPSA) is 80.3 Å². The Hall–Kier alpha value is -2.59. The van der Waals surface area contributed by atoms with Crippen molar-refractivity contribution in [3.63, 3.8) is 0 Å². The summed E-state index contributed by atoms with van der Waals surface area (Å²) in [6.45, 7) is 0.775. The number of carbonyl (C=O) groups is 2. The highest BCUT2D eigenvalue weighted by Gasteiger charge is 2.10. The van der Waals surface area contributed by atoms with E-state index in [4.69, 9.17) is 16.3 Å². The molecule has 1 aromatic heterocycles. The van der Waals surface area contributed by atoms with Gasteiger partial charge in [0.25, 0.3) is 5.91 Å². The minimum Gasteiger partial charge on any atom is -0.492 e. The van der Waals surface area contributed by atoms with Crippen LogP contribution in [-0.4, -0.2) is 35.7 Å². The molecule has 0 saturated carbocycles. The number of ether oxygens (including phenoxy) is 1. The number of nitrogens with one attached hydrogen (secondary N) is 2. The van der Waals surface area contributed by atoms with Crippen LogP contribution in [0.4, 0.5) is 5.69 Å². The van der Waals surface area contributed by atoms with Gasteiger partial charge in [0.15, 0.2) is 4.34 Å². The molecule has 0 aliphatic rings. The molecule has 10 heteroatoms. The smallest absolute Gasteiger partial charge is 0.255 e. The van der Waals surface area contributed by atoms with Crippen molar-refractivity contribution in [2.24, 2.45) is 0 Å². The number of rotatable bonds is 9. The lowest BCUT2D eigenvalue weighted by atomic mass is 10.2. The summed E-state index contributed by atoms with van der Waals surface area (Å²) in [7, 11) is 0. The molecule has 0 aliphatic carbocycles. The molecule has 2 amide bonds. The van der Waals surface area contributed by atoms with Crippen LogP contribution in [0.3, 0.4) is 0 Å². The van der Waals surface area contributed by atoms with Crippen LogP contribution in [0.15, 0.2) is 75.5 Å². The molecule has 174 valence electrons. The number of hydrogen-bond acceptors (Lipinski definition) is 6. The zero-order chi connectivity index (χ0) is 23.9. The molecule has 3 aromatic carbocycles. The number of carbonyl (C=O) groups excluding carboxylic acids is 2. The van der Waals surface area contributed by atoms with E-state index in [0.29, 0.717) is 35.2 Å². The van der Waals surface area contributed by atoms with E-state index in [-0.39, 0.29) is 17.6 Å². The minimum absolute atomic E-state index is 0.0913. The highest BCUT2D eigenvalue weighted by Crippen LogP contribution is 2.31. The second-order valence-electron chi connectivity index (χ2n) is 7.06. The van der Waals surface area contributed by atoms with Gasteiger partial charge in [-0.2, -0.15) is 0 Å². The second kappa shape index (κ2) is 11.7.